The van der Waals surface area contributed by atoms with Crippen molar-refractivity contribution in [3.05, 3.63) is 40.8 Å². The number of aryl methyl sites for hydroxylation is 3. The summed E-state index contributed by atoms with van der Waals surface area (Å²) in [5.41, 5.74) is 4.15. The quantitative estimate of drug-likeness (QED) is 0.758. The van der Waals surface area contributed by atoms with Gasteiger partial charge in [0, 0.05) is 12.4 Å². The van der Waals surface area contributed by atoms with Crippen LogP contribution >= 0.6 is 0 Å². The van der Waals surface area contributed by atoms with E-state index in [0.29, 0.717) is 17.1 Å². The average molecular weight is 241 g/mol. The highest BCUT2D eigenvalue weighted by Crippen LogP contribution is 2.18. The third-order valence-electron chi connectivity index (χ3n) is 2.79. The van der Waals surface area contributed by atoms with E-state index in [-0.39, 0.29) is 5.78 Å². The molecule has 0 aliphatic rings. The van der Waals surface area contributed by atoms with Crippen molar-refractivity contribution in [2.24, 2.45) is 0 Å². The summed E-state index contributed by atoms with van der Waals surface area (Å²) in [6.07, 6.45) is 3.36. The smallest absolute Gasteiger partial charge is 0.178 e. The fourth-order valence-electron chi connectivity index (χ4n) is 1.88. The van der Waals surface area contributed by atoms with Crippen LogP contribution in [0.1, 0.15) is 34.1 Å². The first-order valence-corrected chi connectivity index (χ1v) is 5.77. The Kier molecular flexibility index (Phi) is 3.19. The molecule has 2 aromatic rings. The maximum atomic E-state index is 11.3. The van der Waals surface area contributed by atoms with Crippen molar-refractivity contribution in [3.8, 4) is 11.5 Å². The van der Waals surface area contributed by atoms with Gasteiger partial charge in [0.1, 0.15) is 5.69 Å². The number of ketones is 1. The van der Waals surface area contributed by atoms with Crippen molar-refractivity contribution in [2.75, 3.05) is 0 Å². The lowest BCUT2D eigenvalue weighted by molar-refractivity contribution is 0.101. The van der Waals surface area contributed by atoms with Gasteiger partial charge in [-0.3, -0.25) is 9.78 Å². The van der Waals surface area contributed by atoms with E-state index in [9.17, 15) is 4.79 Å². The second-order valence-electron chi connectivity index (χ2n) is 4.43. The normalized spacial score (nSPS) is 10.4. The zero-order chi connectivity index (χ0) is 13.3. The Hall–Kier alpha value is -2.10. The van der Waals surface area contributed by atoms with Gasteiger partial charge in [-0.15, -0.1) is 0 Å². The number of aromatic nitrogens is 3. The van der Waals surface area contributed by atoms with Crippen molar-refractivity contribution in [1.29, 1.82) is 0 Å². The van der Waals surface area contributed by atoms with Gasteiger partial charge in [0.25, 0.3) is 0 Å². The van der Waals surface area contributed by atoms with Gasteiger partial charge in [-0.05, 0) is 38.8 Å². The molecule has 2 rings (SSSR count). The summed E-state index contributed by atoms with van der Waals surface area (Å²) in [4.78, 5) is 24.3. The summed E-state index contributed by atoms with van der Waals surface area (Å²) in [6.45, 7) is 7.30. The van der Waals surface area contributed by atoms with Gasteiger partial charge in [-0.25, -0.2) is 9.97 Å². The lowest BCUT2D eigenvalue weighted by atomic mass is 10.1. The molecular formula is C14H15N3O. The Labute approximate surface area is 106 Å². The Balaban J connectivity index is 2.52. The SMILES string of the molecule is CC(=O)c1cnc(-c2ncc(C)cc2C)nc1C. The maximum absolute atomic E-state index is 11.3. The number of hydrogen-bond acceptors (Lipinski definition) is 4. The minimum atomic E-state index is -0.0207. The molecule has 0 fully saturated rings. The molecule has 0 atom stereocenters. The molecule has 4 nitrogen and oxygen atoms in total. The molecule has 0 aliphatic carbocycles. The minimum Gasteiger partial charge on any atom is -0.294 e. The molecular weight excluding hydrogens is 226 g/mol. The number of pyridine rings is 1. The lowest BCUT2D eigenvalue weighted by Crippen LogP contribution is -2.03. The summed E-state index contributed by atoms with van der Waals surface area (Å²) in [6, 6.07) is 2.04. The van der Waals surface area contributed by atoms with Crippen molar-refractivity contribution in [2.45, 2.75) is 27.7 Å². The fraction of sp³-hybridized carbons (Fsp3) is 0.286. The zero-order valence-electron chi connectivity index (χ0n) is 11.0. The van der Waals surface area contributed by atoms with Crippen LogP contribution in [0.5, 0.6) is 0 Å². The Morgan fingerprint density at radius 1 is 1.11 bits per heavy atom. The van der Waals surface area contributed by atoms with E-state index < -0.39 is 0 Å². The molecule has 0 aromatic carbocycles. The third-order valence-corrected chi connectivity index (χ3v) is 2.79. The summed E-state index contributed by atoms with van der Waals surface area (Å²) >= 11 is 0. The van der Waals surface area contributed by atoms with Crippen LogP contribution in [0.15, 0.2) is 18.5 Å². The number of carbonyl (C=O) groups is 1. The van der Waals surface area contributed by atoms with E-state index in [1.807, 2.05) is 26.8 Å². The predicted molar refractivity (Wildman–Crippen MR) is 69.5 cm³/mol. The number of Topliss-reactive ketones (excluding diaryl/α,β-unsaturated/α-hetero) is 1. The standard InChI is InChI=1S/C14H15N3O/c1-8-5-9(2)13(15-6-8)14-16-7-12(11(4)18)10(3)17-14/h5-7H,1-4H3. The molecule has 0 spiro atoms. The number of carbonyl (C=O) groups excluding carboxylic acids is 1. The second kappa shape index (κ2) is 4.64. The molecule has 2 heterocycles. The van der Waals surface area contributed by atoms with Crippen molar-refractivity contribution in [3.63, 3.8) is 0 Å². The fourth-order valence-corrected chi connectivity index (χ4v) is 1.88. The van der Waals surface area contributed by atoms with Crippen molar-refractivity contribution in [1.82, 2.24) is 15.0 Å². The summed E-state index contributed by atoms with van der Waals surface area (Å²) in [5.74, 6) is 0.544. The molecule has 4 heteroatoms. The molecule has 18 heavy (non-hydrogen) atoms. The molecule has 2 aromatic heterocycles. The Bertz CT molecular complexity index is 620. The highest BCUT2D eigenvalue weighted by Gasteiger charge is 2.11. The molecule has 0 radical (unpaired) electrons. The topological polar surface area (TPSA) is 55.7 Å². The van der Waals surface area contributed by atoms with Crippen molar-refractivity contribution >= 4 is 5.78 Å². The van der Waals surface area contributed by atoms with E-state index in [4.69, 9.17) is 0 Å². The highest BCUT2D eigenvalue weighted by atomic mass is 16.1. The summed E-state index contributed by atoms with van der Waals surface area (Å²) in [7, 11) is 0. The highest BCUT2D eigenvalue weighted by molar-refractivity contribution is 5.94. The van der Waals surface area contributed by atoms with Crippen LogP contribution in [0, 0.1) is 20.8 Å². The Morgan fingerprint density at radius 2 is 1.83 bits per heavy atom. The number of hydrogen-bond donors (Lipinski definition) is 0. The first-order chi connectivity index (χ1) is 8.49. The van der Waals surface area contributed by atoms with Crippen LogP contribution in [-0.2, 0) is 0 Å². The maximum Gasteiger partial charge on any atom is 0.178 e. The number of rotatable bonds is 2. The van der Waals surface area contributed by atoms with Crippen molar-refractivity contribution < 1.29 is 4.79 Å². The van der Waals surface area contributed by atoms with Crippen LogP contribution in [0.2, 0.25) is 0 Å². The lowest BCUT2D eigenvalue weighted by Gasteiger charge is -2.06. The monoisotopic (exact) mass is 241 g/mol. The van der Waals surface area contributed by atoms with Crippen LogP contribution in [0.3, 0.4) is 0 Å². The molecule has 0 amide bonds. The van der Waals surface area contributed by atoms with Gasteiger partial charge >= 0.3 is 0 Å². The second-order valence-corrected chi connectivity index (χ2v) is 4.43. The van der Waals surface area contributed by atoms with E-state index in [0.717, 1.165) is 16.8 Å². The van der Waals surface area contributed by atoms with E-state index >= 15 is 0 Å². The number of nitrogens with zero attached hydrogens (tertiary/aromatic N) is 3. The minimum absolute atomic E-state index is 0.0207. The first kappa shape index (κ1) is 12.4. The largest absolute Gasteiger partial charge is 0.294 e. The molecule has 0 bridgehead atoms. The zero-order valence-corrected chi connectivity index (χ0v) is 11.0. The van der Waals surface area contributed by atoms with Crippen LogP contribution < -0.4 is 0 Å². The molecule has 0 aliphatic heterocycles. The van der Waals surface area contributed by atoms with E-state index in [1.165, 1.54) is 6.92 Å². The van der Waals surface area contributed by atoms with Crippen LogP contribution in [0.4, 0.5) is 0 Å². The van der Waals surface area contributed by atoms with Gasteiger partial charge in [-0.2, -0.15) is 0 Å². The molecule has 0 N–H and O–H groups in total. The summed E-state index contributed by atoms with van der Waals surface area (Å²) in [5, 5.41) is 0. The average Bonchev–Trinajstić information content (AvgIpc) is 2.28. The van der Waals surface area contributed by atoms with Crippen LogP contribution in [-0.4, -0.2) is 20.7 Å². The molecule has 92 valence electrons. The molecule has 0 saturated carbocycles. The van der Waals surface area contributed by atoms with Gasteiger partial charge in [0.15, 0.2) is 11.6 Å². The van der Waals surface area contributed by atoms with Gasteiger partial charge in [0.05, 0.1) is 11.3 Å². The molecule has 0 unspecified atom stereocenters. The van der Waals surface area contributed by atoms with Gasteiger partial charge in [0.2, 0.25) is 0 Å². The Morgan fingerprint density at radius 3 is 2.39 bits per heavy atom. The van der Waals surface area contributed by atoms with Crippen LogP contribution in [0.25, 0.3) is 11.5 Å². The molecule has 0 saturated heterocycles. The first-order valence-electron chi connectivity index (χ1n) is 5.77. The van der Waals surface area contributed by atoms with E-state index in [2.05, 4.69) is 15.0 Å². The van der Waals surface area contributed by atoms with Gasteiger partial charge < -0.3 is 0 Å². The van der Waals surface area contributed by atoms with E-state index in [1.54, 1.807) is 12.4 Å². The van der Waals surface area contributed by atoms with Gasteiger partial charge in [-0.1, -0.05) is 6.07 Å². The predicted octanol–water partition coefficient (Wildman–Crippen LogP) is 2.67. The summed E-state index contributed by atoms with van der Waals surface area (Å²) < 4.78 is 0. The third kappa shape index (κ3) is 2.27.